The van der Waals surface area contributed by atoms with Crippen molar-refractivity contribution in [1.29, 1.82) is 0 Å². The van der Waals surface area contributed by atoms with Crippen molar-refractivity contribution in [2.24, 2.45) is 0 Å². The quantitative estimate of drug-likeness (QED) is 0.0780. The Morgan fingerprint density at radius 3 is 1.72 bits per heavy atom. The third-order valence-corrected chi connectivity index (χ3v) is 8.16. The van der Waals surface area contributed by atoms with Crippen molar-refractivity contribution in [3.63, 3.8) is 0 Å². The van der Waals surface area contributed by atoms with Crippen molar-refractivity contribution >= 4 is 11.4 Å². The Labute approximate surface area is 270 Å². The standard InChI is InChI=1S/C32H44N2.2C3H7O.Ni/c1-4-7-10-11-12-13-20-30-25-31(28-21-14-18-26(23-28)16-8-5-2)34(33)32(30)29-22-15-19-27(24-29)17-9-6-3;2*1-2-3-4;/h14-15,18-19,21-25H,4-13,16-17,20H2,1-3H3;2*2-3H2,1H3;/q;2*-1;+2. The van der Waals surface area contributed by atoms with E-state index in [1.54, 1.807) is 0 Å². The molecule has 1 heterocycles. The van der Waals surface area contributed by atoms with Crippen LogP contribution in [0.15, 0.2) is 60.2 Å². The van der Waals surface area contributed by atoms with Crippen LogP contribution < -0.4 is 0 Å². The summed E-state index contributed by atoms with van der Waals surface area (Å²) in [5, 5.41) is 0. The van der Waals surface area contributed by atoms with Gasteiger partial charge in [0, 0.05) is 22.8 Å². The first-order valence-electron chi connectivity index (χ1n) is 17.0. The van der Waals surface area contributed by atoms with Crippen molar-refractivity contribution in [3.8, 4) is 0 Å². The molecule has 0 spiro atoms. The number of hydrogen-bond donors (Lipinski definition) is 0. The SMILES string of the molecule is CCCCCCCCC1=C(c2cccc(CCCC)c2)[N+](=[N-])C(c2cccc(CCCC)c2)=C1.CCC[O][Ni][O]CCC. The first kappa shape index (κ1) is 37.1. The van der Waals surface area contributed by atoms with Crippen LogP contribution in [0.2, 0.25) is 0 Å². The molecule has 0 saturated carbocycles. The number of nitrogens with zero attached hydrogens (tertiary/aromatic N) is 2. The van der Waals surface area contributed by atoms with Crippen LogP contribution in [0, 0.1) is 0 Å². The van der Waals surface area contributed by atoms with Crippen molar-refractivity contribution < 1.29 is 27.5 Å². The fourth-order valence-corrected chi connectivity index (χ4v) is 5.73. The van der Waals surface area contributed by atoms with E-state index < -0.39 is 0 Å². The zero-order chi connectivity index (χ0) is 31.1. The van der Waals surface area contributed by atoms with Crippen LogP contribution in [0.25, 0.3) is 16.9 Å². The van der Waals surface area contributed by atoms with Gasteiger partial charge in [-0.3, -0.25) is 0 Å². The molecule has 242 valence electrons. The van der Waals surface area contributed by atoms with E-state index in [-0.39, 0.29) is 0 Å². The van der Waals surface area contributed by atoms with Gasteiger partial charge in [-0.25, -0.2) is 4.70 Å². The first-order valence-corrected chi connectivity index (χ1v) is 17.9. The van der Waals surface area contributed by atoms with E-state index in [4.69, 9.17) is 7.76 Å². The number of rotatable bonds is 21. The number of allylic oxidation sites excluding steroid dienone is 2. The van der Waals surface area contributed by atoms with Crippen LogP contribution in [0.4, 0.5) is 0 Å². The number of aryl methyl sites for hydroxylation is 2. The molecule has 0 amide bonds. The van der Waals surface area contributed by atoms with E-state index in [0.29, 0.717) is 0 Å². The van der Waals surface area contributed by atoms with Gasteiger partial charge in [0.1, 0.15) is 0 Å². The van der Waals surface area contributed by atoms with Gasteiger partial charge in [-0.2, -0.15) is 0 Å². The Bertz CT molecular complexity index is 1120. The normalized spacial score (nSPS) is 13.0. The fourth-order valence-electron chi connectivity index (χ4n) is 5.08. The summed E-state index contributed by atoms with van der Waals surface area (Å²) >= 11 is 0.942. The molecule has 0 atom stereocenters. The van der Waals surface area contributed by atoms with E-state index >= 15 is 0 Å². The zero-order valence-electron chi connectivity index (χ0n) is 27.7. The maximum absolute atomic E-state index is 11.4. The molecule has 0 fully saturated rings. The van der Waals surface area contributed by atoms with E-state index in [2.05, 4.69) is 89.2 Å². The number of hydrogen-bond acceptors (Lipinski definition) is 2. The van der Waals surface area contributed by atoms with Gasteiger partial charge in [-0.15, -0.1) is 0 Å². The summed E-state index contributed by atoms with van der Waals surface area (Å²) in [5.74, 6) is 0. The van der Waals surface area contributed by atoms with Crippen LogP contribution in [-0.4, -0.2) is 17.9 Å². The Morgan fingerprint density at radius 1 is 0.605 bits per heavy atom. The predicted molar refractivity (Wildman–Crippen MR) is 179 cm³/mol. The molecule has 4 nitrogen and oxygen atoms in total. The van der Waals surface area contributed by atoms with Crippen LogP contribution in [0.1, 0.15) is 140 Å². The molecular weight excluding hydrogens is 575 g/mol. The average molecular weight is 634 g/mol. The first-order chi connectivity index (χ1) is 21.1. The summed E-state index contributed by atoms with van der Waals surface area (Å²) in [6.45, 7) is 12.4. The Balaban J connectivity index is 0.000000621. The molecule has 43 heavy (non-hydrogen) atoms. The summed E-state index contributed by atoms with van der Waals surface area (Å²) in [4.78, 5) is 0. The number of unbranched alkanes of at least 4 members (excludes halogenated alkanes) is 7. The molecule has 3 rings (SSSR count). The summed E-state index contributed by atoms with van der Waals surface area (Å²) in [6, 6.07) is 17.5. The van der Waals surface area contributed by atoms with Gasteiger partial charge in [-0.1, -0.05) is 90.0 Å². The van der Waals surface area contributed by atoms with E-state index in [1.807, 2.05) is 0 Å². The predicted octanol–water partition coefficient (Wildman–Crippen LogP) is 11.7. The molecular formula is C38H58N2NiO2. The van der Waals surface area contributed by atoms with E-state index in [9.17, 15) is 5.53 Å². The fraction of sp³-hybridized carbons (Fsp3) is 0.579. The second kappa shape index (κ2) is 23.3. The summed E-state index contributed by atoms with van der Waals surface area (Å²) in [5.41, 5.74) is 19.5. The molecule has 1 aliphatic rings. The molecule has 0 radical (unpaired) electrons. The van der Waals surface area contributed by atoms with Crippen molar-refractivity contribution in [1.82, 2.24) is 0 Å². The van der Waals surface area contributed by atoms with Gasteiger partial charge in [-0.05, 0) is 73.9 Å². The monoisotopic (exact) mass is 632 g/mol. The van der Waals surface area contributed by atoms with Crippen LogP contribution in [-0.2, 0) is 35.7 Å². The second-order valence-electron chi connectivity index (χ2n) is 11.5. The molecule has 5 heteroatoms. The molecule has 0 aromatic heterocycles. The van der Waals surface area contributed by atoms with Gasteiger partial charge < -0.3 is 5.53 Å². The summed E-state index contributed by atoms with van der Waals surface area (Å²) < 4.78 is 11.5. The van der Waals surface area contributed by atoms with Gasteiger partial charge in [0.15, 0.2) is 0 Å². The molecule has 2 aromatic carbocycles. The summed E-state index contributed by atoms with van der Waals surface area (Å²) in [6.07, 6.45) is 20.0. The molecule has 0 saturated heterocycles. The van der Waals surface area contributed by atoms with Gasteiger partial charge in [0.05, 0.1) is 0 Å². The van der Waals surface area contributed by atoms with Crippen LogP contribution >= 0.6 is 0 Å². The minimum atomic E-state index is 0.781. The van der Waals surface area contributed by atoms with Crippen LogP contribution in [0.3, 0.4) is 0 Å². The molecule has 2 aromatic rings. The third-order valence-electron chi connectivity index (χ3n) is 7.53. The molecule has 0 aliphatic carbocycles. The maximum atomic E-state index is 11.4. The Hall–Kier alpha value is -2.07. The average Bonchev–Trinajstić information content (AvgIpc) is 3.36. The molecule has 1 aliphatic heterocycles. The van der Waals surface area contributed by atoms with Crippen molar-refractivity contribution in [3.05, 3.63) is 88.0 Å². The van der Waals surface area contributed by atoms with Crippen molar-refractivity contribution in [2.45, 2.75) is 131 Å². The Kier molecular flexibility index (Phi) is 20.1. The van der Waals surface area contributed by atoms with Gasteiger partial charge in [0.25, 0.3) is 0 Å². The molecule has 0 bridgehead atoms. The van der Waals surface area contributed by atoms with Crippen molar-refractivity contribution in [2.75, 3.05) is 13.2 Å². The van der Waals surface area contributed by atoms with Gasteiger partial charge >= 0.3 is 62.7 Å². The second-order valence-corrected chi connectivity index (χ2v) is 12.2. The summed E-state index contributed by atoms with van der Waals surface area (Å²) in [7, 11) is 0. The zero-order valence-corrected chi connectivity index (χ0v) is 28.7. The minimum absolute atomic E-state index is 0.781. The van der Waals surface area contributed by atoms with Gasteiger partial charge in [0.2, 0.25) is 11.4 Å². The molecule has 0 N–H and O–H groups in total. The van der Waals surface area contributed by atoms with Crippen LogP contribution in [0.5, 0.6) is 0 Å². The van der Waals surface area contributed by atoms with E-state index in [1.165, 1.54) is 85.6 Å². The third kappa shape index (κ3) is 14.1. The van der Waals surface area contributed by atoms with E-state index in [0.717, 1.165) is 82.9 Å². The number of benzene rings is 2. The Morgan fingerprint density at radius 2 is 1.14 bits per heavy atom. The molecule has 0 unspecified atom stereocenters. The topological polar surface area (TPSA) is 43.8 Å².